The van der Waals surface area contributed by atoms with E-state index >= 15 is 0 Å². The highest BCUT2D eigenvalue weighted by Crippen LogP contribution is 2.36. The zero-order valence-electron chi connectivity index (χ0n) is 12.8. The summed E-state index contributed by atoms with van der Waals surface area (Å²) in [5, 5.41) is 11.0. The minimum atomic E-state index is -1.79. The molecular weight excluding hydrogens is 274 g/mol. The van der Waals surface area contributed by atoms with Crippen LogP contribution >= 0.6 is 0 Å². The molecular formula is C14H23NO4Si. The van der Waals surface area contributed by atoms with Gasteiger partial charge in [0.15, 0.2) is 14.1 Å². The molecule has 0 heterocycles. The summed E-state index contributed by atoms with van der Waals surface area (Å²) in [5.74, 6) is 0.288. The van der Waals surface area contributed by atoms with Crippen molar-refractivity contribution < 1.29 is 14.1 Å². The first-order valence-electron chi connectivity index (χ1n) is 6.65. The Morgan fingerprint density at radius 3 is 2.35 bits per heavy atom. The van der Waals surface area contributed by atoms with Gasteiger partial charge >= 0.3 is 5.69 Å². The van der Waals surface area contributed by atoms with Crippen molar-refractivity contribution in [2.75, 3.05) is 13.2 Å². The van der Waals surface area contributed by atoms with Crippen LogP contribution in [0.15, 0.2) is 24.3 Å². The molecule has 0 saturated carbocycles. The van der Waals surface area contributed by atoms with Crippen LogP contribution in [-0.2, 0) is 4.43 Å². The van der Waals surface area contributed by atoms with Crippen molar-refractivity contribution in [3.63, 3.8) is 0 Å². The van der Waals surface area contributed by atoms with Gasteiger partial charge in [0.2, 0.25) is 0 Å². The molecule has 20 heavy (non-hydrogen) atoms. The lowest BCUT2D eigenvalue weighted by Crippen LogP contribution is -2.41. The maximum Gasteiger partial charge on any atom is 0.310 e. The molecule has 0 spiro atoms. The molecule has 0 N–H and O–H groups in total. The molecule has 0 fully saturated rings. The Hall–Kier alpha value is -1.40. The predicted octanol–water partition coefficient (Wildman–Crippen LogP) is 4.00. The number of rotatable bonds is 6. The second kappa shape index (κ2) is 6.36. The predicted molar refractivity (Wildman–Crippen MR) is 81.7 cm³/mol. The van der Waals surface area contributed by atoms with Crippen LogP contribution < -0.4 is 4.74 Å². The maximum absolute atomic E-state index is 10.8. The molecule has 0 saturated heterocycles. The highest BCUT2D eigenvalue weighted by molar-refractivity contribution is 6.74. The van der Waals surface area contributed by atoms with Crippen LogP contribution in [0.25, 0.3) is 0 Å². The number of hydrogen-bond donors (Lipinski definition) is 0. The Balaban J connectivity index is 2.52. The summed E-state index contributed by atoms with van der Waals surface area (Å²) < 4.78 is 11.4. The normalized spacial score (nSPS) is 12.2. The first kappa shape index (κ1) is 16.7. The average molecular weight is 297 g/mol. The van der Waals surface area contributed by atoms with Gasteiger partial charge in [0.1, 0.15) is 6.61 Å². The number of nitro benzene ring substituents is 1. The first-order valence-corrected chi connectivity index (χ1v) is 9.56. The third kappa shape index (κ3) is 4.31. The average Bonchev–Trinajstić information content (AvgIpc) is 2.33. The van der Waals surface area contributed by atoms with Crippen LogP contribution in [0, 0.1) is 10.1 Å². The van der Waals surface area contributed by atoms with Gasteiger partial charge in [-0.25, -0.2) is 0 Å². The van der Waals surface area contributed by atoms with E-state index in [-0.39, 0.29) is 16.5 Å². The van der Waals surface area contributed by atoms with Gasteiger partial charge in [0.05, 0.1) is 11.5 Å². The molecule has 1 rings (SSSR count). The van der Waals surface area contributed by atoms with Gasteiger partial charge in [-0.1, -0.05) is 32.9 Å². The summed E-state index contributed by atoms with van der Waals surface area (Å²) in [6.45, 7) is 11.6. The molecule has 5 nitrogen and oxygen atoms in total. The summed E-state index contributed by atoms with van der Waals surface area (Å²) in [6.07, 6.45) is 0. The summed E-state index contributed by atoms with van der Waals surface area (Å²) in [7, 11) is -1.79. The number of nitro groups is 1. The van der Waals surface area contributed by atoms with Crippen LogP contribution in [0.3, 0.4) is 0 Å². The molecule has 0 bridgehead atoms. The van der Waals surface area contributed by atoms with Crippen molar-refractivity contribution in [1.82, 2.24) is 0 Å². The fraction of sp³-hybridized carbons (Fsp3) is 0.571. The summed E-state index contributed by atoms with van der Waals surface area (Å²) in [5.41, 5.74) is -0.0140. The Labute approximate surface area is 121 Å². The molecule has 0 amide bonds. The highest BCUT2D eigenvalue weighted by atomic mass is 28.4. The zero-order chi connectivity index (χ0) is 15.4. The topological polar surface area (TPSA) is 61.6 Å². The van der Waals surface area contributed by atoms with Crippen molar-refractivity contribution in [1.29, 1.82) is 0 Å². The van der Waals surface area contributed by atoms with Gasteiger partial charge in [-0.3, -0.25) is 10.1 Å². The Morgan fingerprint density at radius 2 is 1.80 bits per heavy atom. The van der Waals surface area contributed by atoms with E-state index in [0.717, 1.165) is 0 Å². The van der Waals surface area contributed by atoms with Crippen LogP contribution in [0.4, 0.5) is 5.69 Å². The van der Waals surface area contributed by atoms with Crippen LogP contribution in [0.1, 0.15) is 20.8 Å². The van der Waals surface area contributed by atoms with E-state index in [0.29, 0.717) is 13.2 Å². The molecule has 0 unspecified atom stereocenters. The third-order valence-electron chi connectivity index (χ3n) is 3.67. The first-order chi connectivity index (χ1) is 9.15. The fourth-order valence-electron chi connectivity index (χ4n) is 1.40. The second-order valence-corrected chi connectivity index (χ2v) is 11.0. The lowest BCUT2D eigenvalue weighted by molar-refractivity contribution is -0.385. The number of benzene rings is 1. The molecule has 0 aliphatic heterocycles. The quantitative estimate of drug-likeness (QED) is 0.345. The molecule has 112 valence electrons. The lowest BCUT2D eigenvalue weighted by Gasteiger charge is -2.36. The van der Waals surface area contributed by atoms with E-state index in [9.17, 15) is 10.1 Å². The molecule has 0 atom stereocenters. The number of para-hydroxylation sites is 2. The van der Waals surface area contributed by atoms with Crippen molar-refractivity contribution in [3.05, 3.63) is 34.4 Å². The van der Waals surface area contributed by atoms with Gasteiger partial charge in [0.25, 0.3) is 0 Å². The number of nitrogens with zero attached hydrogens (tertiary/aromatic N) is 1. The van der Waals surface area contributed by atoms with E-state index in [1.807, 2.05) is 0 Å². The molecule has 1 aromatic carbocycles. The minimum absolute atomic E-state index is 0.0140. The van der Waals surface area contributed by atoms with Crippen LogP contribution in [-0.4, -0.2) is 26.5 Å². The number of hydrogen-bond acceptors (Lipinski definition) is 4. The molecule has 0 aromatic heterocycles. The second-order valence-electron chi connectivity index (χ2n) is 6.18. The molecule has 0 radical (unpaired) electrons. The highest BCUT2D eigenvalue weighted by Gasteiger charge is 2.36. The van der Waals surface area contributed by atoms with Gasteiger partial charge in [-0.2, -0.15) is 0 Å². The Morgan fingerprint density at radius 1 is 1.20 bits per heavy atom. The van der Waals surface area contributed by atoms with Gasteiger partial charge < -0.3 is 9.16 Å². The Bertz CT molecular complexity index is 468. The molecule has 1 aromatic rings. The van der Waals surface area contributed by atoms with Crippen LogP contribution in [0.2, 0.25) is 18.1 Å². The minimum Gasteiger partial charge on any atom is -0.484 e. The van der Waals surface area contributed by atoms with Gasteiger partial charge in [-0.15, -0.1) is 0 Å². The van der Waals surface area contributed by atoms with E-state index in [1.54, 1.807) is 18.2 Å². The number of ether oxygens (including phenoxy) is 1. The SMILES string of the molecule is CC(C)(C)[Si](C)(C)OCCOc1ccccc1[N+](=O)[O-]. The molecule has 6 heteroatoms. The zero-order valence-corrected chi connectivity index (χ0v) is 13.8. The Kier molecular flexibility index (Phi) is 5.30. The van der Waals surface area contributed by atoms with Crippen molar-refractivity contribution >= 4 is 14.0 Å². The van der Waals surface area contributed by atoms with E-state index < -0.39 is 13.2 Å². The van der Waals surface area contributed by atoms with Gasteiger partial charge in [0, 0.05) is 6.07 Å². The van der Waals surface area contributed by atoms with Crippen LogP contribution in [0.5, 0.6) is 5.75 Å². The van der Waals surface area contributed by atoms with E-state index in [1.165, 1.54) is 6.07 Å². The van der Waals surface area contributed by atoms with E-state index in [4.69, 9.17) is 9.16 Å². The van der Waals surface area contributed by atoms with Crippen molar-refractivity contribution in [3.8, 4) is 5.75 Å². The fourth-order valence-corrected chi connectivity index (χ4v) is 2.42. The summed E-state index contributed by atoms with van der Waals surface area (Å²) in [4.78, 5) is 10.4. The largest absolute Gasteiger partial charge is 0.484 e. The summed E-state index contributed by atoms with van der Waals surface area (Å²) >= 11 is 0. The summed E-state index contributed by atoms with van der Waals surface area (Å²) in [6, 6.07) is 6.38. The molecule has 0 aliphatic rings. The standard InChI is InChI=1S/C14H23NO4Si/c1-14(2,3)20(4,5)19-11-10-18-13-9-7-6-8-12(13)15(16)17/h6-9H,10-11H2,1-5H3. The third-order valence-corrected chi connectivity index (χ3v) is 8.21. The van der Waals surface area contributed by atoms with Crippen molar-refractivity contribution in [2.24, 2.45) is 0 Å². The maximum atomic E-state index is 10.8. The monoisotopic (exact) mass is 297 g/mol. The lowest BCUT2D eigenvalue weighted by atomic mass is 10.2. The van der Waals surface area contributed by atoms with E-state index in [2.05, 4.69) is 33.9 Å². The van der Waals surface area contributed by atoms with Crippen molar-refractivity contribution in [2.45, 2.75) is 38.9 Å². The molecule has 0 aliphatic carbocycles. The smallest absolute Gasteiger partial charge is 0.310 e. The van der Waals surface area contributed by atoms with Gasteiger partial charge in [-0.05, 0) is 24.2 Å².